The molecule has 2 aliphatic heterocycles. The van der Waals surface area contributed by atoms with Gasteiger partial charge in [-0.3, -0.25) is 0 Å². The van der Waals surface area contributed by atoms with Gasteiger partial charge in [0.2, 0.25) is 0 Å². The summed E-state index contributed by atoms with van der Waals surface area (Å²) in [6.45, 7) is 6.31. The highest BCUT2D eigenvalue weighted by atomic mass is 32.2. The Kier molecular flexibility index (Phi) is 6.01. The van der Waals surface area contributed by atoms with E-state index in [1.165, 1.54) is 4.31 Å². The minimum absolute atomic E-state index is 0.0608. The standard InChI is InChI=1S/C13H26N4O4S/c1-11(2)15-22(19,20)17-7-5-16(6-8-17)13(18)14-12-4-3-9-21-10-12/h11-12,15H,3-10H2,1-2H3,(H,14,18)/t12-/m1/s1. The average molecular weight is 334 g/mol. The number of nitrogens with zero attached hydrogens (tertiary/aromatic N) is 2. The molecule has 0 spiro atoms. The Morgan fingerprint density at radius 1 is 1.23 bits per heavy atom. The quantitative estimate of drug-likeness (QED) is 0.741. The lowest BCUT2D eigenvalue weighted by Gasteiger charge is -2.35. The second kappa shape index (κ2) is 7.58. The molecule has 2 fully saturated rings. The van der Waals surface area contributed by atoms with Crippen LogP contribution in [0.1, 0.15) is 26.7 Å². The van der Waals surface area contributed by atoms with Crippen LogP contribution < -0.4 is 10.0 Å². The van der Waals surface area contributed by atoms with Gasteiger partial charge in [-0.2, -0.15) is 17.4 Å². The van der Waals surface area contributed by atoms with E-state index in [2.05, 4.69) is 10.0 Å². The lowest BCUT2D eigenvalue weighted by atomic mass is 10.1. The van der Waals surface area contributed by atoms with Crippen molar-refractivity contribution in [3.63, 3.8) is 0 Å². The number of piperazine rings is 1. The number of ether oxygens (including phenoxy) is 1. The van der Waals surface area contributed by atoms with E-state index in [0.29, 0.717) is 32.8 Å². The summed E-state index contributed by atoms with van der Waals surface area (Å²) in [4.78, 5) is 13.8. The third kappa shape index (κ3) is 4.80. The molecule has 9 heteroatoms. The van der Waals surface area contributed by atoms with Crippen molar-refractivity contribution in [3.05, 3.63) is 0 Å². The first-order valence-electron chi connectivity index (χ1n) is 7.79. The molecule has 1 atom stereocenters. The molecular formula is C13H26N4O4S. The first-order chi connectivity index (χ1) is 10.4. The lowest BCUT2D eigenvalue weighted by Crippen LogP contribution is -2.57. The maximum atomic E-state index is 12.2. The summed E-state index contributed by atoms with van der Waals surface area (Å²) < 4.78 is 33.4. The van der Waals surface area contributed by atoms with Gasteiger partial charge in [0.05, 0.1) is 12.6 Å². The molecule has 8 nitrogen and oxygen atoms in total. The monoisotopic (exact) mass is 334 g/mol. The summed E-state index contributed by atoms with van der Waals surface area (Å²) in [6, 6.07) is -0.215. The first-order valence-corrected chi connectivity index (χ1v) is 9.23. The zero-order valence-corrected chi connectivity index (χ0v) is 14.1. The molecule has 2 heterocycles. The van der Waals surface area contributed by atoms with Gasteiger partial charge in [0, 0.05) is 38.8 Å². The summed E-state index contributed by atoms with van der Waals surface area (Å²) in [5.41, 5.74) is 0. The molecule has 0 aliphatic carbocycles. The number of hydrogen-bond acceptors (Lipinski definition) is 4. The van der Waals surface area contributed by atoms with Crippen LogP contribution in [0.2, 0.25) is 0 Å². The number of rotatable bonds is 4. The summed E-state index contributed by atoms with van der Waals surface area (Å²) in [6.07, 6.45) is 1.89. The molecule has 2 N–H and O–H groups in total. The molecular weight excluding hydrogens is 308 g/mol. The van der Waals surface area contributed by atoms with Crippen LogP contribution in [-0.4, -0.2) is 75.1 Å². The fourth-order valence-electron chi connectivity index (χ4n) is 2.62. The van der Waals surface area contributed by atoms with E-state index in [4.69, 9.17) is 4.74 Å². The van der Waals surface area contributed by atoms with Gasteiger partial charge in [0.1, 0.15) is 0 Å². The highest BCUT2D eigenvalue weighted by molar-refractivity contribution is 7.87. The van der Waals surface area contributed by atoms with Gasteiger partial charge in [-0.25, -0.2) is 4.79 Å². The number of carbonyl (C=O) groups is 1. The molecule has 0 radical (unpaired) electrons. The Morgan fingerprint density at radius 3 is 2.45 bits per heavy atom. The van der Waals surface area contributed by atoms with E-state index >= 15 is 0 Å². The first kappa shape index (κ1) is 17.5. The van der Waals surface area contributed by atoms with Crippen LogP contribution in [0.25, 0.3) is 0 Å². The fourth-order valence-corrected chi connectivity index (χ4v) is 4.01. The van der Waals surface area contributed by atoms with E-state index in [1.807, 2.05) is 0 Å². The van der Waals surface area contributed by atoms with Gasteiger partial charge in [-0.1, -0.05) is 0 Å². The maximum absolute atomic E-state index is 12.2. The Morgan fingerprint density at radius 2 is 1.91 bits per heavy atom. The van der Waals surface area contributed by atoms with Crippen molar-refractivity contribution in [2.24, 2.45) is 0 Å². The Hall–Kier alpha value is -0.900. The topological polar surface area (TPSA) is 91.0 Å². The summed E-state index contributed by atoms with van der Waals surface area (Å²) in [5, 5.41) is 2.95. The van der Waals surface area contributed by atoms with Crippen molar-refractivity contribution in [1.82, 2.24) is 19.2 Å². The van der Waals surface area contributed by atoms with Crippen LogP contribution in [0.15, 0.2) is 0 Å². The number of hydrogen-bond donors (Lipinski definition) is 2. The van der Waals surface area contributed by atoms with Crippen molar-refractivity contribution in [2.45, 2.75) is 38.8 Å². The van der Waals surface area contributed by atoms with Crippen molar-refractivity contribution in [2.75, 3.05) is 39.4 Å². The van der Waals surface area contributed by atoms with E-state index < -0.39 is 10.2 Å². The molecule has 2 rings (SSSR count). The van der Waals surface area contributed by atoms with Crippen molar-refractivity contribution >= 4 is 16.2 Å². The SMILES string of the molecule is CC(C)NS(=O)(=O)N1CCN(C(=O)N[C@@H]2CCCOC2)CC1. The van der Waals surface area contributed by atoms with Crippen molar-refractivity contribution in [1.29, 1.82) is 0 Å². The highest BCUT2D eigenvalue weighted by Crippen LogP contribution is 2.09. The molecule has 0 unspecified atom stereocenters. The average Bonchev–Trinajstić information content (AvgIpc) is 2.47. The van der Waals surface area contributed by atoms with Crippen LogP contribution in [0.5, 0.6) is 0 Å². The molecule has 22 heavy (non-hydrogen) atoms. The van der Waals surface area contributed by atoms with Gasteiger partial charge in [-0.05, 0) is 26.7 Å². The lowest BCUT2D eigenvalue weighted by molar-refractivity contribution is 0.0697. The molecule has 2 saturated heterocycles. The molecule has 0 aromatic carbocycles. The van der Waals surface area contributed by atoms with E-state index in [0.717, 1.165) is 19.4 Å². The molecule has 0 aromatic heterocycles. The molecule has 128 valence electrons. The molecule has 0 bridgehead atoms. The normalized spacial score (nSPS) is 24.5. The summed E-state index contributed by atoms with van der Waals surface area (Å²) in [5.74, 6) is 0. The molecule has 0 saturated carbocycles. The largest absolute Gasteiger partial charge is 0.379 e. The predicted octanol–water partition coefficient (Wildman–Crippen LogP) is -0.265. The zero-order chi connectivity index (χ0) is 16.2. The predicted molar refractivity (Wildman–Crippen MR) is 82.7 cm³/mol. The molecule has 0 aromatic rings. The molecule has 2 amide bonds. The summed E-state index contributed by atoms with van der Waals surface area (Å²) in [7, 11) is -3.45. The number of nitrogens with one attached hydrogen (secondary N) is 2. The van der Waals surface area contributed by atoms with Crippen molar-refractivity contribution < 1.29 is 17.9 Å². The van der Waals surface area contributed by atoms with E-state index in [1.54, 1.807) is 18.7 Å². The highest BCUT2D eigenvalue weighted by Gasteiger charge is 2.30. The van der Waals surface area contributed by atoms with E-state index in [-0.39, 0.29) is 18.1 Å². The second-order valence-corrected chi connectivity index (χ2v) is 7.73. The van der Waals surface area contributed by atoms with Gasteiger partial charge >= 0.3 is 6.03 Å². The van der Waals surface area contributed by atoms with Crippen LogP contribution in [0.3, 0.4) is 0 Å². The maximum Gasteiger partial charge on any atom is 0.317 e. The Balaban J connectivity index is 1.80. The molecule has 2 aliphatic rings. The number of amides is 2. The van der Waals surface area contributed by atoms with Crippen LogP contribution in [-0.2, 0) is 14.9 Å². The van der Waals surface area contributed by atoms with Crippen LogP contribution >= 0.6 is 0 Å². The van der Waals surface area contributed by atoms with Gasteiger partial charge in [0.15, 0.2) is 0 Å². The Bertz CT molecular complexity index is 468. The second-order valence-electron chi connectivity index (χ2n) is 6.03. The smallest absolute Gasteiger partial charge is 0.317 e. The van der Waals surface area contributed by atoms with Gasteiger partial charge < -0.3 is 15.0 Å². The van der Waals surface area contributed by atoms with E-state index in [9.17, 15) is 13.2 Å². The van der Waals surface area contributed by atoms with Gasteiger partial charge in [0.25, 0.3) is 10.2 Å². The van der Waals surface area contributed by atoms with Crippen LogP contribution in [0.4, 0.5) is 4.79 Å². The third-order valence-electron chi connectivity index (χ3n) is 3.74. The minimum atomic E-state index is -3.45. The summed E-state index contributed by atoms with van der Waals surface area (Å²) >= 11 is 0. The van der Waals surface area contributed by atoms with Gasteiger partial charge in [-0.15, -0.1) is 0 Å². The van der Waals surface area contributed by atoms with Crippen molar-refractivity contribution in [3.8, 4) is 0 Å². The minimum Gasteiger partial charge on any atom is -0.379 e. The fraction of sp³-hybridized carbons (Fsp3) is 0.923. The number of carbonyl (C=O) groups excluding carboxylic acids is 1. The van der Waals surface area contributed by atoms with Crippen LogP contribution in [0, 0.1) is 0 Å². The third-order valence-corrected chi connectivity index (χ3v) is 5.55. The number of urea groups is 1. The zero-order valence-electron chi connectivity index (χ0n) is 13.2. The Labute approximate surface area is 132 Å².